The smallest absolute Gasteiger partial charge is 0.383 e. The highest BCUT2D eigenvalue weighted by atomic mass is 35.7. The molecule has 0 aliphatic rings. The fourth-order valence-electron chi connectivity index (χ4n) is 2.06. The molecule has 10 nitrogen and oxygen atoms in total. The molecule has 2 rings (SSSR count). The summed E-state index contributed by atoms with van der Waals surface area (Å²) in [6.45, 7) is -0.339. The van der Waals surface area contributed by atoms with Crippen LogP contribution in [-0.2, 0) is 30.9 Å². The van der Waals surface area contributed by atoms with Gasteiger partial charge in [0, 0.05) is 30.8 Å². The number of aryl methyl sites for hydroxylation is 1. The van der Waals surface area contributed by atoms with Crippen LogP contribution in [0.1, 0.15) is 22.0 Å². The average Bonchev–Trinajstić information content (AvgIpc) is 2.80. The summed E-state index contributed by atoms with van der Waals surface area (Å²) in [5.41, 5.74) is 9.50. The number of rotatable bonds is 8. The fourth-order valence-corrected chi connectivity index (χ4v) is 5.48. The van der Waals surface area contributed by atoms with E-state index in [0.29, 0.717) is 24.6 Å². The average molecular weight is 444 g/mol. The molecule has 144 valence electrons. The molecular formula is C12H18ClN4O6P2S+. The van der Waals surface area contributed by atoms with Crippen LogP contribution < -0.4 is 10.3 Å². The highest BCUT2D eigenvalue weighted by molar-refractivity contribution is 7.85. The summed E-state index contributed by atoms with van der Waals surface area (Å²) in [4.78, 5) is 26.4. The van der Waals surface area contributed by atoms with E-state index < -0.39 is 14.8 Å². The second-order valence-corrected chi connectivity index (χ2v) is 10.2. The van der Waals surface area contributed by atoms with Gasteiger partial charge in [0.25, 0.3) is 0 Å². The molecule has 2 aromatic heterocycles. The molecule has 0 bridgehead atoms. The van der Waals surface area contributed by atoms with Crippen molar-refractivity contribution in [1.29, 1.82) is 0 Å². The highest BCUT2D eigenvalue weighted by Gasteiger charge is 2.32. The van der Waals surface area contributed by atoms with Gasteiger partial charge in [-0.3, -0.25) is 4.52 Å². The van der Waals surface area contributed by atoms with E-state index in [9.17, 15) is 9.13 Å². The number of hydrogen-bond acceptors (Lipinski definition) is 8. The maximum Gasteiger partial charge on any atom is 0.477 e. The predicted octanol–water partition coefficient (Wildman–Crippen LogP) is 2.09. The van der Waals surface area contributed by atoms with Gasteiger partial charge in [-0.1, -0.05) is 11.3 Å². The Kier molecular flexibility index (Phi) is 6.92. The van der Waals surface area contributed by atoms with E-state index in [0.717, 1.165) is 16.1 Å². The van der Waals surface area contributed by atoms with Gasteiger partial charge in [-0.25, -0.2) is 19.1 Å². The minimum atomic E-state index is -5.00. The molecule has 0 aliphatic carbocycles. The topological polar surface area (TPSA) is 149 Å². The molecule has 2 aromatic rings. The molecule has 4 N–H and O–H groups in total. The Bertz CT molecular complexity index is 889. The lowest BCUT2D eigenvalue weighted by molar-refractivity contribution is -0.689. The number of thiazole rings is 1. The fraction of sp³-hybridized carbons (Fsp3) is 0.417. The zero-order valence-electron chi connectivity index (χ0n) is 13.9. The Morgan fingerprint density at radius 1 is 1.38 bits per heavy atom. The third-order valence-electron chi connectivity index (χ3n) is 3.29. The third-order valence-corrected chi connectivity index (χ3v) is 7.41. The minimum Gasteiger partial charge on any atom is -0.383 e. The number of aromatic nitrogens is 3. The molecule has 0 spiro atoms. The van der Waals surface area contributed by atoms with E-state index in [1.807, 2.05) is 17.0 Å². The lowest BCUT2D eigenvalue weighted by atomic mass is 10.2. The number of phosphoric acid groups is 1. The molecular weight excluding hydrogens is 426 g/mol. The van der Waals surface area contributed by atoms with Gasteiger partial charge in [-0.05, 0) is 6.92 Å². The Balaban J connectivity index is 1.98. The first kappa shape index (κ1) is 21.4. The van der Waals surface area contributed by atoms with Gasteiger partial charge in [-0.2, -0.15) is 8.88 Å². The summed E-state index contributed by atoms with van der Waals surface area (Å²) in [7, 11) is -5.00. The summed E-state index contributed by atoms with van der Waals surface area (Å²) in [5.74, 6) is 1.01. The number of hydrogen-bond donors (Lipinski definition) is 3. The molecule has 0 saturated heterocycles. The molecule has 0 radical (unpaired) electrons. The van der Waals surface area contributed by atoms with Gasteiger partial charge in [0.2, 0.25) is 5.51 Å². The first-order valence-corrected chi connectivity index (χ1v) is 12.1. The summed E-state index contributed by atoms with van der Waals surface area (Å²) in [5, 5.41) is 0. The molecule has 0 fully saturated rings. The predicted molar refractivity (Wildman–Crippen MR) is 95.8 cm³/mol. The second kappa shape index (κ2) is 8.41. The Morgan fingerprint density at radius 2 is 2.08 bits per heavy atom. The first-order valence-electron chi connectivity index (χ1n) is 7.22. The van der Waals surface area contributed by atoms with E-state index in [4.69, 9.17) is 31.3 Å². The van der Waals surface area contributed by atoms with Crippen LogP contribution in [0.2, 0.25) is 0 Å². The van der Waals surface area contributed by atoms with Gasteiger partial charge in [0.15, 0.2) is 12.2 Å². The highest BCUT2D eigenvalue weighted by Crippen LogP contribution is 2.63. The quantitative estimate of drug-likeness (QED) is 0.411. The van der Waals surface area contributed by atoms with Gasteiger partial charge in [0.1, 0.15) is 11.6 Å². The molecule has 0 amide bonds. The summed E-state index contributed by atoms with van der Waals surface area (Å²) >= 11 is 6.80. The van der Waals surface area contributed by atoms with Crippen LogP contribution in [0.25, 0.3) is 0 Å². The maximum absolute atomic E-state index is 11.6. The van der Waals surface area contributed by atoms with Crippen molar-refractivity contribution in [3.8, 4) is 0 Å². The lowest BCUT2D eigenvalue weighted by Crippen LogP contribution is -2.35. The molecule has 0 aliphatic heterocycles. The van der Waals surface area contributed by atoms with Crippen LogP contribution >= 0.6 is 37.3 Å². The summed E-state index contributed by atoms with van der Waals surface area (Å²) in [6, 6.07) is 0. The van der Waals surface area contributed by atoms with Crippen molar-refractivity contribution < 1.29 is 32.3 Å². The van der Waals surface area contributed by atoms with E-state index in [2.05, 4.69) is 14.3 Å². The van der Waals surface area contributed by atoms with Crippen molar-refractivity contribution in [1.82, 2.24) is 9.97 Å². The van der Waals surface area contributed by atoms with Crippen LogP contribution in [-0.4, -0.2) is 26.4 Å². The van der Waals surface area contributed by atoms with Crippen LogP contribution in [0.5, 0.6) is 0 Å². The standard InChI is InChI=1S/C12H17ClN4O6P2S/c1-8-11(3-4-22-24(13,18)23-25(19,20)21)26-7-17(8)6-10-5-15-9(2)16-12(10)14/h5,7H,3-4,6H2,1-2H3,(H3-,14,15,16,19,20,21)/p+1. The van der Waals surface area contributed by atoms with Gasteiger partial charge in [0.05, 0.1) is 17.0 Å². The van der Waals surface area contributed by atoms with E-state index in [1.54, 1.807) is 13.1 Å². The second-order valence-electron chi connectivity index (χ2n) is 5.27. The molecule has 1 unspecified atom stereocenters. The number of anilines is 1. The van der Waals surface area contributed by atoms with Gasteiger partial charge < -0.3 is 15.5 Å². The Labute approximate surface area is 158 Å². The van der Waals surface area contributed by atoms with E-state index in [1.165, 1.54) is 11.3 Å². The van der Waals surface area contributed by atoms with Crippen molar-refractivity contribution in [2.75, 3.05) is 12.3 Å². The van der Waals surface area contributed by atoms with Crippen molar-refractivity contribution in [2.45, 2.75) is 26.8 Å². The van der Waals surface area contributed by atoms with Crippen LogP contribution in [0.15, 0.2) is 11.7 Å². The van der Waals surface area contributed by atoms with Gasteiger partial charge in [-0.15, -0.1) is 0 Å². The summed E-state index contributed by atoms with van der Waals surface area (Å²) < 4.78 is 33.0. The number of nitrogen functional groups attached to an aromatic ring is 1. The molecule has 2 heterocycles. The Hall–Kier alpha value is -0.900. The number of nitrogens with zero attached hydrogens (tertiary/aromatic N) is 3. The van der Waals surface area contributed by atoms with E-state index >= 15 is 0 Å². The first-order chi connectivity index (χ1) is 12.0. The number of nitrogens with two attached hydrogens (primary N) is 1. The van der Waals surface area contributed by atoms with Crippen molar-refractivity contribution in [3.63, 3.8) is 0 Å². The molecule has 0 aromatic carbocycles. The summed E-state index contributed by atoms with van der Waals surface area (Å²) in [6.07, 6.45) is 2.01. The third kappa shape index (κ3) is 6.37. The monoisotopic (exact) mass is 443 g/mol. The zero-order chi connectivity index (χ0) is 19.5. The lowest BCUT2D eigenvalue weighted by Gasteiger charge is -2.11. The largest absolute Gasteiger partial charge is 0.477 e. The zero-order valence-corrected chi connectivity index (χ0v) is 17.3. The van der Waals surface area contributed by atoms with Crippen molar-refractivity contribution in [3.05, 3.63) is 33.7 Å². The molecule has 1 atom stereocenters. The van der Waals surface area contributed by atoms with Crippen LogP contribution in [0.3, 0.4) is 0 Å². The number of halogens is 1. The van der Waals surface area contributed by atoms with Crippen molar-refractivity contribution >= 4 is 43.2 Å². The van der Waals surface area contributed by atoms with Gasteiger partial charge >= 0.3 is 14.8 Å². The minimum absolute atomic E-state index is 0.127. The molecule has 14 heteroatoms. The Morgan fingerprint density at radius 3 is 2.69 bits per heavy atom. The molecule has 26 heavy (non-hydrogen) atoms. The van der Waals surface area contributed by atoms with Crippen molar-refractivity contribution in [2.24, 2.45) is 0 Å². The maximum atomic E-state index is 11.6. The molecule has 0 saturated carbocycles. The van der Waals surface area contributed by atoms with Crippen LogP contribution in [0, 0.1) is 13.8 Å². The normalized spacial score (nSPS) is 14.3. The van der Waals surface area contributed by atoms with Crippen LogP contribution in [0.4, 0.5) is 5.82 Å². The SMILES string of the molecule is Cc1ncc(C[n+]2csc(CCOP(=O)(Cl)OP(=O)(O)O)c2C)c(N)n1. The van der Waals surface area contributed by atoms with E-state index in [-0.39, 0.29) is 6.61 Å².